The maximum Gasteiger partial charge on any atom is 0.271 e. The van der Waals surface area contributed by atoms with Gasteiger partial charge in [-0.15, -0.1) is 0 Å². The van der Waals surface area contributed by atoms with Crippen molar-refractivity contribution >= 4 is 11.4 Å². The SMILES string of the molecule is CN(c1cccc([N+](=O)[O-])c1)C1CC1. The molecule has 1 saturated carbocycles. The van der Waals surface area contributed by atoms with Gasteiger partial charge in [0.1, 0.15) is 0 Å². The van der Waals surface area contributed by atoms with Crippen molar-refractivity contribution in [3.8, 4) is 0 Å². The van der Waals surface area contributed by atoms with Crippen LogP contribution in [0.5, 0.6) is 0 Å². The molecule has 74 valence electrons. The van der Waals surface area contributed by atoms with E-state index in [1.54, 1.807) is 12.1 Å². The van der Waals surface area contributed by atoms with Gasteiger partial charge >= 0.3 is 0 Å². The summed E-state index contributed by atoms with van der Waals surface area (Å²) < 4.78 is 0. The molecule has 0 aliphatic heterocycles. The number of non-ortho nitro benzene ring substituents is 1. The highest BCUT2D eigenvalue weighted by molar-refractivity contribution is 5.53. The van der Waals surface area contributed by atoms with Crippen molar-refractivity contribution < 1.29 is 4.92 Å². The first kappa shape index (κ1) is 8.99. The van der Waals surface area contributed by atoms with Crippen LogP contribution in [-0.2, 0) is 0 Å². The second-order valence-electron chi connectivity index (χ2n) is 3.62. The summed E-state index contributed by atoms with van der Waals surface area (Å²) in [7, 11) is 1.98. The lowest BCUT2D eigenvalue weighted by molar-refractivity contribution is -0.384. The molecule has 0 spiro atoms. The lowest BCUT2D eigenvalue weighted by Crippen LogP contribution is -2.19. The van der Waals surface area contributed by atoms with Gasteiger partial charge in [0.25, 0.3) is 5.69 Å². The maximum absolute atomic E-state index is 10.5. The molecule has 0 heterocycles. The normalized spacial score (nSPS) is 15.2. The van der Waals surface area contributed by atoms with Gasteiger partial charge in [-0.1, -0.05) is 6.07 Å². The first-order chi connectivity index (χ1) is 6.68. The van der Waals surface area contributed by atoms with Gasteiger partial charge in [0.15, 0.2) is 0 Å². The highest BCUT2D eigenvalue weighted by Gasteiger charge is 2.26. The van der Waals surface area contributed by atoms with Gasteiger partial charge in [-0.2, -0.15) is 0 Å². The molecule has 4 nitrogen and oxygen atoms in total. The lowest BCUT2D eigenvalue weighted by atomic mass is 10.2. The zero-order chi connectivity index (χ0) is 10.1. The van der Waals surface area contributed by atoms with E-state index in [4.69, 9.17) is 0 Å². The first-order valence-electron chi connectivity index (χ1n) is 4.66. The quantitative estimate of drug-likeness (QED) is 0.544. The number of nitro benzene ring substituents is 1. The molecular formula is C10H12N2O2. The number of rotatable bonds is 3. The van der Waals surface area contributed by atoms with E-state index in [9.17, 15) is 10.1 Å². The van der Waals surface area contributed by atoms with Gasteiger partial charge in [-0.3, -0.25) is 10.1 Å². The molecule has 1 fully saturated rings. The molecule has 14 heavy (non-hydrogen) atoms. The van der Waals surface area contributed by atoms with Gasteiger partial charge < -0.3 is 4.90 Å². The number of anilines is 1. The van der Waals surface area contributed by atoms with Gasteiger partial charge in [-0.25, -0.2) is 0 Å². The van der Waals surface area contributed by atoms with E-state index in [0.717, 1.165) is 5.69 Å². The standard InChI is InChI=1S/C10H12N2O2/c1-11(8-5-6-8)9-3-2-4-10(7-9)12(13)14/h2-4,7-8H,5-6H2,1H3. The molecule has 0 radical (unpaired) electrons. The van der Waals surface area contributed by atoms with Crippen molar-refractivity contribution in [2.45, 2.75) is 18.9 Å². The summed E-state index contributed by atoms with van der Waals surface area (Å²) in [4.78, 5) is 12.3. The number of nitro groups is 1. The minimum absolute atomic E-state index is 0.162. The summed E-state index contributed by atoms with van der Waals surface area (Å²) in [5, 5.41) is 10.5. The average molecular weight is 192 g/mol. The van der Waals surface area contributed by atoms with E-state index in [1.165, 1.54) is 18.9 Å². The summed E-state index contributed by atoms with van der Waals surface area (Å²) >= 11 is 0. The third kappa shape index (κ3) is 1.69. The Balaban J connectivity index is 2.24. The zero-order valence-electron chi connectivity index (χ0n) is 8.01. The Kier molecular flexibility index (Phi) is 2.11. The summed E-state index contributed by atoms with van der Waals surface area (Å²) in [6.07, 6.45) is 2.39. The van der Waals surface area contributed by atoms with Gasteiger partial charge in [-0.05, 0) is 18.9 Å². The fraction of sp³-hybridized carbons (Fsp3) is 0.400. The van der Waals surface area contributed by atoms with Crippen molar-refractivity contribution in [2.75, 3.05) is 11.9 Å². The monoisotopic (exact) mass is 192 g/mol. The van der Waals surface area contributed by atoms with Crippen LogP contribution in [0.4, 0.5) is 11.4 Å². The second kappa shape index (κ2) is 3.29. The second-order valence-corrected chi connectivity index (χ2v) is 3.62. The Morgan fingerprint density at radius 3 is 2.79 bits per heavy atom. The molecule has 1 aliphatic carbocycles. The summed E-state index contributed by atoms with van der Waals surface area (Å²) in [5.74, 6) is 0. The Labute approximate surface area is 82.3 Å². The van der Waals surface area contributed by atoms with E-state index >= 15 is 0 Å². The number of benzene rings is 1. The average Bonchev–Trinajstić information content (AvgIpc) is 3.00. The van der Waals surface area contributed by atoms with Crippen LogP contribution in [0.3, 0.4) is 0 Å². The van der Waals surface area contributed by atoms with E-state index in [-0.39, 0.29) is 10.6 Å². The molecule has 0 aromatic heterocycles. The minimum atomic E-state index is -0.357. The third-order valence-corrected chi connectivity index (χ3v) is 2.54. The lowest BCUT2D eigenvalue weighted by Gasteiger charge is -2.17. The van der Waals surface area contributed by atoms with Crippen LogP contribution in [-0.4, -0.2) is 18.0 Å². The largest absolute Gasteiger partial charge is 0.371 e. The van der Waals surface area contributed by atoms with Gasteiger partial charge in [0.2, 0.25) is 0 Å². The zero-order valence-corrected chi connectivity index (χ0v) is 8.01. The van der Waals surface area contributed by atoms with Crippen molar-refractivity contribution in [1.82, 2.24) is 0 Å². The minimum Gasteiger partial charge on any atom is -0.371 e. The molecule has 0 unspecified atom stereocenters. The van der Waals surface area contributed by atoms with Crippen LogP contribution in [0.15, 0.2) is 24.3 Å². The maximum atomic E-state index is 10.5. The Hall–Kier alpha value is -1.58. The van der Waals surface area contributed by atoms with Crippen LogP contribution in [0, 0.1) is 10.1 Å². The molecule has 4 heteroatoms. The Morgan fingerprint density at radius 1 is 1.50 bits per heavy atom. The summed E-state index contributed by atoms with van der Waals surface area (Å²) in [5.41, 5.74) is 1.09. The van der Waals surface area contributed by atoms with Crippen molar-refractivity contribution in [3.05, 3.63) is 34.4 Å². The van der Waals surface area contributed by atoms with Crippen molar-refractivity contribution in [2.24, 2.45) is 0 Å². The first-order valence-corrected chi connectivity index (χ1v) is 4.66. The molecule has 0 atom stereocenters. The molecular weight excluding hydrogens is 180 g/mol. The van der Waals surface area contributed by atoms with E-state index in [1.807, 2.05) is 13.1 Å². The third-order valence-electron chi connectivity index (χ3n) is 2.54. The molecule has 1 aliphatic rings. The van der Waals surface area contributed by atoms with Crippen molar-refractivity contribution in [1.29, 1.82) is 0 Å². The molecule has 1 aromatic rings. The fourth-order valence-electron chi connectivity index (χ4n) is 1.50. The predicted octanol–water partition coefficient (Wildman–Crippen LogP) is 2.19. The van der Waals surface area contributed by atoms with Crippen LogP contribution in [0.2, 0.25) is 0 Å². The number of nitrogens with zero attached hydrogens (tertiary/aromatic N) is 2. The smallest absolute Gasteiger partial charge is 0.271 e. The molecule has 0 bridgehead atoms. The molecule has 0 amide bonds. The fourth-order valence-corrected chi connectivity index (χ4v) is 1.50. The van der Waals surface area contributed by atoms with Gasteiger partial charge in [0, 0.05) is 30.9 Å². The summed E-state index contributed by atoms with van der Waals surface area (Å²) in [6, 6.07) is 7.36. The number of hydrogen-bond acceptors (Lipinski definition) is 3. The van der Waals surface area contributed by atoms with E-state index in [2.05, 4.69) is 4.90 Å². The Bertz CT molecular complexity index is 361. The van der Waals surface area contributed by atoms with Gasteiger partial charge in [0.05, 0.1) is 4.92 Å². The van der Waals surface area contributed by atoms with Crippen LogP contribution in [0.25, 0.3) is 0 Å². The van der Waals surface area contributed by atoms with E-state index < -0.39 is 0 Å². The number of hydrogen-bond donors (Lipinski definition) is 0. The molecule has 1 aromatic carbocycles. The molecule has 0 saturated heterocycles. The van der Waals surface area contributed by atoms with Crippen LogP contribution < -0.4 is 4.90 Å². The molecule has 0 N–H and O–H groups in total. The molecule has 2 rings (SSSR count). The van der Waals surface area contributed by atoms with Crippen LogP contribution >= 0.6 is 0 Å². The van der Waals surface area contributed by atoms with Crippen LogP contribution in [0.1, 0.15) is 12.8 Å². The van der Waals surface area contributed by atoms with Crippen molar-refractivity contribution in [3.63, 3.8) is 0 Å². The Morgan fingerprint density at radius 2 is 2.21 bits per heavy atom. The summed E-state index contributed by atoms with van der Waals surface area (Å²) in [6.45, 7) is 0. The topological polar surface area (TPSA) is 46.4 Å². The highest BCUT2D eigenvalue weighted by Crippen LogP contribution is 2.31. The predicted molar refractivity (Wildman–Crippen MR) is 54.5 cm³/mol. The van der Waals surface area contributed by atoms with E-state index in [0.29, 0.717) is 6.04 Å². The highest BCUT2D eigenvalue weighted by atomic mass is 16.6.